The van der Waals surface area contributed by atoms with Crippen LogP contribution in [0.1, 0.15) is 18.4 Å². The fourth-order valence-corrected chi connectivity index (χ4v) is 2.16. The maximum atomic E-state index is 12.1. The number of aryl methyl sites for hydroxylation is 1. The van der Waals surface area contributed by atoms with Crippen molar-refractivity contribution in [2.75, 3.05) is 25.0 Å². The summed E-state index contributed by atoms with van der Waals surface area (Å²) in [5.41, 5.74) is 2.14. The molecular formula is C13H18N2O. The predicted octanol–water partition coefficient (Wildman–Crippen LogP) is 2.65. The lowest BCUT2D eigenvalue weighted by atomic mass is 10.2. The molecule has 2 rings (SSSR count). The number of para-hydroxylation sites is 1. The summed E-state index contributed by atoms with van der Waals surface area (Å²) in [5.74, 6) is 0. The highest BCUT2D eigenvalue weighted by molar-refractivity contribution is 5.92. The molecule has 0 bridgehead atoms. The van der Waals surface area contributed by atoms with Gasteiger partial charge in [-0.25, -0.2) is 4.79 Å². The van der Waals surface area contributed by atoms with Crippen LogP contribution in [0.4, 0.5) is 10.5 Å². The highest BCUT2D eigenvalue weighted by Gasteiger charge is 2.22. The van der Waals surface area contributed by atoms with E-state index in [1.807, 2.05) is 43.1 Å². The molecule has 1 aliphatic heterocycles. The average Bonchev–Trinajstić information content (AvgIpc) is 2.81. The summed E-state index contributed by atoms with van der Waals surface area (Å²) < 4.78 is 0. The van der Waals surface area contributed by atoms with Crippen LogP contribution in [0.5, 0.6) is 0 Å². The summed E-state index contributed by atoms with van der Waals surface area (Å²) in [6.45, 7) is 3.83. The van der Waals surface area contributed by atoms with E-state index in [4.69, 9.17) is 0 Å². The van der Waals surface area contributed by atoms with Crippen molar-refractivity contribution in [1.82, 2.24) is 4.90 Å². The van der Waals surface area contributed by atoms with Gasteiger partial charge in [0.15, 0.2) is 0 Å². The van der Waals surface area contributed by atoms with E-state index < -0.39 is 0 Å². The number of amides is 2. The zero-order chi connectivity index (χ0) is 11.5. The lowest BCUT2D eigenvalue weighted by Crippen LogP contribution is -2.39. The van der Waals surface area contributed by atoms with Gasteiger partial charge in [0.2, 0.25) is 0 Å². The van der Waals surface area contributed by atoms with Gasteiger partial charge >= 0.3 is 6.03 Å². The number of carbonyl (C=O) groups is 1. The maximum Gasteiger partial charge on any atom is 0.324 e. The fraction of sp³-hybridized carbons (Fsp3) is 0.462. The molecule has 1 aromatic carbocycles. The Kier molecular flexibility index (Phi) is 3.13. The molecule has 0 unspecified atom stereocenters. The molecule has 3 heteroatoms. The number of hydrogen-bond donors (Lipinski definition) is 0. The smallest absolute Gasteiger partial charge is 0.324 e. The van der Waals surface area contributed by atoms with E-state index in [1.165, 1.54) is 0 Å². The molecule has 0 atom stereocenters. The molecule has 0 N–H and O–H groups in total. The third-order valence-corrected chi connectivity index (χ3v) is 3.14. The standard InChI is InChI=1S/C13H18N2O/c1-11-7-3-4-8-12(11)14(2)13(16)15-9-5-6-10-15/h3-4,7-8H,5-6,9-10H2,1-2H3. The number of carbonyl (C=O) groups excluding carboxylic acids is 1. The van der Waals surface area contributed by atoms with Gasteiger partial charge in [-0.2, -0.15) is 0 Å². The van der Waals surface area contributed by atoms with Gasteiger partial charge in [-0.1, -0.05) is 18.2 Å². The Labute approximate surface area is 96.7 Å². The minimum absolute atomic E-state index is 0.117. The van der Waals surface area contributed by atoms with Gasteiger partial charge in [-0.05, 0) is 31.4 Å². The van der Waals surface area contributed by atoms with E-state index in [-0.39, 0.29) is 6.03 Å². The molecule has 2 amide bonds. The van der Waals surface area contributed by atoms with Crippen molar-refractivity contribution in [2.24, 2.45) is 0 Å². The van der Waals surface area contributed by atoms with Crippen LogP contribution in [0.2, 0.25) is 0 Å². The van der Waals surface area contributed by atoms with Gasteiger partial charge in [0.1, 0.15) is 0 Å². The third-order valence-electron chi connectivity index (χ3n) is 3.14. The Morgan fingerprint density at radius 2 is 1.88 bits per heavy atom. The predicted molar refractivity (Wildman–Crippen MR) is 65.8 cm³/mol. The number of hydrogen-bond acceptors (Lipinski definition) is 1. The van der Waals surface area contributed by atoms with Crippen molar-refractivity contribution in [2.45, 2.75) is 19.8 Å². The van der Waals surface area contributed by atoms with E-state index in [0.29, 0.717) is 0 Å². The van der Waals surface area contributed by atoms with E-state index in [2.05, 4.69) is 0 Å². The summed E-state index contributed by atoms with van der Waals surface area (Å²) in [6, 6.07) is 8.10. The van der Waals surface area contributed by atoms with Crippen molar-refractivity contribution in [3.05, 3.63) is 29.8 Å². The maximum absolute atomic E-state index is 12.1. The van der Waals surface area contributed by atoms with Gasteiger partial charge in [-0.15, -0.1) is 0 Å². The van der Waals surface area contributed by atoms with E-state index in [9.17, 15) is 4.79 Å². The molecule has 3 nitrogen and oxygen atoms in total. The molecule has 0 saturated carbocycles. The summed E-state index contributed by atoms with van der Waals surface area (Å²) in [5, 5.41) is 0. The van der Waals surface area contributed by atoms with Crippen LogP contribution in [0.3, 0.4) is 0 Å². The third kappa shape index (κ3) is 2.03. The zero-order valence-electron chi connectivity index (χ0n) is 9.94. The highest BCUT2D eigenvalue weighted by Crippen LogP contribution is 2.20. The molecule has 1 aromatic rings. The number of rotatable bonds is 1. The summed E-state index contributed by atoms with van der Waals surface area (Å²) in [6.07, 6.45) is 2.26. The monoisotopic (exact) mass is 218 g/mol. The first kappa shape index (κ1) is 11.0. The SMILES string of the molecule is Cc1ccccc1N(C)C(=O)N1CCCC1. The number of nitrogens with zero attached hydrogens (tertiary/aromatic N) is 2. The van der Waals surface area contributed by atoms with Gasteiger partial charge in [0.05, 0.1) is 0 Å². The van der Waals surface area contributed by atoms with Crippen molar-refractivity contribution in [1.29, 1.82) is 0 Å². The Morgan fingerprint density at radius 1 is 1.25 bits per heavy atom. The molecule has 0 aliphatic carbocycles. The second-order valence-corrected chi connectivity index (χ2v) is 4.32. The fourth-order valence-electron chi connectivity index (χ4n) is 2.16. The first-order chi connectivity index (χ1) is 7.70. The minimum Gasteiger partial charge on any atom is -0.324 e. The van der Waals surface area contributed by atoms with E-state index in [0.717, 1.165) is 37.2 Å². The van der Waals surface area contributed by atoms with Crippen LogP contribution < -0.4 is 4.90 Å². The average molecular weight is 218 g/mol. The number of anilines is 1. The Morgan fingerprint density at radius 3 is 2.50 bits per heavy atom. The van der Waals surface area contributed by atoms with Crippen LogP contribution >= 0.6 is 0 Å². The van der Waals surface area contributed by atoms with Crippen molar-refractivity contribution < 1.29 is 4.79 Å². The molecule has 1 heterocycles. The first-order valence-electron chi connectivity index (χ1n) is 5.78. The summed E-state index contributed by atoms with van der Waals surface area (Å²) >= 11 is 0. The Hall–Kier alpha value is -1.51. The molecule has 1 fully saturated rings. The van der Waals surface area contributed by atoms with Crippen LogP contribution in [-0.4, -0.2) is 31.1 Å². The molecule has 1 aliphatic rings. The molecule has 0 spiro atoms. The van der Waals surface area contributed by atoms with Crippen molar-refractivity contribution in [3.8, 4) is 0 Å². The normalized spacial score (nSPS) is 15.2. The van der Waals surface area contributed by atoms with E-state index in [1.54, 1.807) is 4.90 Å². The van der Waals surface area contributed by atoms with Gasteiger partial charge in [0, 0.05) is 25.8 Å². The largest absolute Gasteiger partial charge is 0.324 e. The lowest BCUT2D eigenvalue weighted by molar-refractivity contribution is 0.217. The Bertz CT molecular complexity index is 383. The van der Waals surface area contributed by atoms with Gasteiger partial charge < -0.3 is 4.90 Å². The number of urea groups is 1. The molecule has 1 saturated heterocycles. The van der Waals surface area contributed by atoms with E-state index >= 15 is 0 Å². The molecule has 16 heavy (non-hydrogen) atoms. The van der Waals surface area contributed by atoms with Crippen LogP contribution in [-0.2, 0) is 0 Å². The van der Waals surface area contributed by atoms with Gasteiger partial charge in [0.25, 0.3) is 0 Å². The summed E-state index contributed by atoms with van der Waals surface area (Å²) in [4.78, 5) is 15.8. The van der Waals surface area contributed by atoms with Crippen molar-refractivity contribution in [3.63, 3.8) is 0 Å². The molecule has 86 valence electrons. The quantitative estimate of drug-likeness (QED) is 0.710. The number of benzene rings is 1. The van der Waals surface area contributed by atoms with Crippen LogP contribution in [0, 0.1) is 6.92 Å². The number of likely N-dealkylation sites (tertiary alicyclic amines) is 1. The van der Waals surface area contributed by atoms with Crippen molar-refractivity contribution >= 4 is 11.7 Å². The Balaban J connectivity index is 2.15. The zero-order valence-corrected chi connectivity index (χ0v) is 9.94. The molecule has 0 radical (unpaired) electrons. The highest BCUT2D eigenvalue weighted by atomic mass is 16.2. The lowest BCUT2D eigenvalue weighted by Gasteiger charge is -2.25. The first-order valence-corrected chi connectivity index (χ1v) is 5.78. The summed E-state index contributed by atoms with van der Waals surface area (Å²) in [7, 11) is 1.85. The molecule has 0 aromatic heterocycles. The van der Waals surface area contributed by atoms with Crippen LogP contribution in [0.25, 0.3) is 0 Å². The second kappa shape index (κ2) is 4.56. The molecular weight excluding hydrogens is 200 g/mol. The topological polar surface area (TPSA) is 23.6 Å². The van der Waals surface area contributed by atoms with Crippen LogP contribution in [0.15, 0.2) is 24.3 Å². The minimum atomic E-state index is 0.117. The van der Waals surface area contributed by atoms with Gasteiger partial charge in [-0.3, -0.25) is 4.90 Å². The second-order valence-electron chi connectivity index (χ2n) is 4.32.